The van der Waals surface area contributed by atoms with E-state index in [1.54, 1.807) is 12.1 Å². The van der Waals surface area contributed by atoms with Crippen molar-refractivity contribution in [2.45, 2.75) is 44.8 Å². The molecule has 5 nitrogen and oxygen atoms in total. The number of anilines is 1. The first-order chi connectivity index (χ1) is 20.0. The van der Waals surface area contributed by atoms with Gasteiger partial charge in [-0.2, -0.15) is 0 Å². The predicted molar refractivity (Wildman–Crippen MR) is 164 cm³/mol. The van der Waals surface area contributed by atoms with Crippen molar-refractivity contribution in [2.24, 2.45) is 5.92 Å². The standard InChI is InChI=1S/C34H40ClFN4O/c35-30-12-9-26(10-13-30)23-37-17-16-32(38-19-21-39(22-20-38)33-8-4-3-7-31(33)36)29(24-37)11-14-34(41)40-18-15-27-5-1-2-6-28(27)25-40/h1-10,12-13,29,32H,11,14-25H2/t29-,32+/m0/s1. The first kappa shape index (κ1) is 28.2. The van der Waals surface area contributed by atoms with Crippen molar-refractivity contribution in [3.63, 3.8) is 0 Å². The van der Waals surface area contributed by atoms with Gasteiger partial charge in [0.1, 0.15) is 5.82 Å². The average molecular weight is 575 g/mol. The summed E-state index contributed by atoms with van der Waals surface area (Å²) < 4.78 is 14.4. The zero-order valence-electron chi connectivity index (χ0n) is 23.7. The molecule has 216 valence electrons. The number of para-hydroxylation sites is 1. The van der Waals surface area contributed by atoms with Gasteiger partial charge in [0.05, 0.1) is 5.69 Å². The van der Waals surface area contributed by atoms with Crippen LogP contribution in [-0.4, -0.2) is 72.5 Å². The van der Waals surface area contributed by atoms with Crippen LogP contribution in [0.2, 0.25) is 5.02 Å². The Hall–Kier alpha value is -2.93. The molecular formula is C34H40ClFN4O. The first-order valence-electron chi connectivity index (χ1n) is 15.1. The molecule has 0 bridgehead atoms. The lowest BCUT2D eigenvalue weighted by Crippen LogP contribution is -2.57. The number of amides is 1. The van der Waals surface area contributed by atoms with E-state index in [4.69, 9.17) is 11.6 Å². The molecule has 1 amide bonds. The van der Waals surface area contributed by atoms with Crippen molar-refractivity contribution >= 4 is 23.2 Å². The quantitative estimate of drug-likeness (QED) is 0.354. The zero-order chi connectivity index (χ0) is 28.2. The molecule has 2 fully saturated rings. The van der Waals surface area contributed by atoms with Crippen LogP contribution >= 0.6 is 11.6 Å². The van der Waals surface area contributed by atoms with Gasteiger partial charge in [-0.25, -0.2) is 4.39 Å². The van der Waals surface area contributed by atoms with Crippen LogP contribution < -0.4 is 4.90 Å². The van der Waals surface area contributed by atoms with Crippen molar-refractivity contribution in [2.75, 3.05) is 50.7 Å². The molecule has 0 aliphatic carbocycles. The van der Waals surface area contributed by atoms with E-state index in [1.807, 2.05) is 24.3 Å². The Balaban J connectivity index is 1.11. The molecule has 0 radical (unpaired) electrons. The van der Waals surface area contributed by atoms with Crippen molar-refractivity contribution in [3.05, 3.63) is 100 Å². The number of fused-ring (bicyclic) bond motifs is 1. The second kappa shape index (κ2) is 12.9. The summed E-state index contributed by atoms with van der Waals surface area (Å²) >= 11 is 6.12. The van der Waals surface area contributed by atoms with Gasteiger partial charge in [0, 0.05) is 69.8 Å². The van der Waals surface area contributed by atoms with Gasteiger partial charge in [0.15, 0.2) is 0 Å². The number of hydrogen-bond donors (Lipinski definition) is 0. The molecule has 3 aliphatic rings. The van der Waals surface area contributed by atoms with E-state index < -0.39 is 0 Å². The fourth-order valence-corrected chi connectivity index (χ4v) is 7.16. The summed E-state index contributed by atoms with van der Waals surface area (Å²) in [6.07, 6.45) is 3.51. The van der Waals surface area contributed by atoms with Gasteiger partial charge in [-0.3, -0.25) is 14.6 Å². The fourth-order valence-electron chi connectivity index (χ4n) is 7.03. The molecule has 0 N–H and O–H groups in total. The molecular weight excluding hydrogens is 535 g/mol. The lowest BCUT2D eigenvalue weighted by molar-refractivity contribution is -0.132. The number of benzene rings is 3. The van der Waals surface area contributed by atoms with Crippen LogP contribution in [0, 0.1) is 11.7 Å². The minimum absolute atomic E-state index is 0.145. The maximum Gasteiger partial charge on any atom is 0.222 e. The van der Waals surface area contributed by atoms with Gasteiger partial charge in [0.2, 0.25) is 5.91 Å². The monoisotopic (exact) mass is 574 g/mol. The molecule has 7 heteroatoms. The van der Waals surface area contributed by atoms with E-state index in [0.717, 1.165) is 83.2 Å². The van der Waals surface area contributed by atoms with E-state index >= 15 is 0 Å². The molecule has 0 spiro atoms. The highest BCUT2D eigenvalue weighted by atomic mass is 35.5. The Kier molecular flexibility index (Phi) is 8.90. The summed E-state index contributed by atoms with van der Waals surface area (Å²) in [6, 6.07) is 24.2. The van der Waals surface area contributed by atoms with Gasteiger partial charge in [-0.1, -0.05) is 60.1 Å². The number of halogens is 2. The summed E-state index contributed by atoms with van der Waals surface area (Å²) in [4.78, 5) is 22.8. The van der Waals surface area contributed by atoms with Crippen molar-refractivity contribution in [1.29, 1.82) is 0 Å². The van der Waals surface area contributed by atoms with Gasteiger partial charge in [-0.05, 0) is 72.7 Å². The van der Waals surface area contributed by atoms with E-state index in [1.165, 1.54) is 16.7 Å². The second-order valence-electron chi connectivity index (χ2n) is 11.8. The van der Waals surface area contributed by atoms with Gasteiger partial charge >= 0.3 is 0 Å². The maximum absolute atomic E-state index is 14.4. The topological polar surface area (TPSA) is 30.0 Å². The molecule has 2 atom stereocenters. The summed E-state index contributed by atoms with van der Waals surface area (Å²) in [5.41, 5.74) is 4.63. The Morgan fingerprint density at radius 2 is 1.59 bits per heavy atom. The van der Waals surface area contributed by atoms with Crippen molar-refractivity contribution in [1.82, 2.24) is 14.7 Å². The van der Waals surface area contributed by atoms with Crippen LogP contribution in [-0.2, 0) is 24.3 Å². The number of piperazine rings is 1. The maximum atomic E-state index is 14.4. The lowest BCUT2D eigenvalue weighted by atomic mass is 9.86. The molecule has 3 aliphatic heterocycles. The number of rotatable bonds is 7. The predicted octanol–water partition coefficient (Wildman–Crippen LogP) is 5.86. The summed E-state index contributed by atoms with van der Waals surface area (Å²) in [5, 5.41) is 0.763. The molecule has 0 unspecified atom stereocenters. The number of likely N-dealkylation sites (tertiary alicyclic amines) is 1. The Labute approximate surface area is 248 Å². The SMILES string of the molecule is O=C(CC[C@H]1CN(Cc2ccc(Cl)cc2)CC[C@H]1N1CCN(c2ccccc2F)CC1)N1CCc2ccccc2C1. The zero-order valence-corrected chi connectivity index (χ0v) is 24.5. The largest absolute Gasteiger partial charge is 0.367 e. The number of piperidine rings is 1. The second-order valence-corrected chi connectivity index (χ2v) is 12.3. The van der Waals surface area contributed by atoms with Crippen molar-refractivity contribution in [3.8, 4) is 0 Å². The Morgan fingerprint density at radius 1 is 0.854 bits per heavy atom. The molecule has 0 aromatic heterocycles. The summed E-state index contributed by atoms with van der Waals surface area (Å²) in [7, 11) is 0. The van der Waals surface area contributed by atoms with E-state index in [0.29, 0.717) is 24.1 Å². The molecule has 6 rings (SSSR count). The number of nitrogens with zero attached hydrogens (tertiary/aromatic N) is 4. The number of hydrogen-bond acceptors (Lipinski definition) is 4. The molecule has 0 saturated carbocycles. The number of carbonyl (C=O) groups is 1. The van der Waals surface area contributed by atoms with Gasteiger partial charge in [0.25, 0.3) is 0 Å². The molecule has 41 heavy (non-hydrogen) atoms. The van der Waals surface area contributed by atoms with Crippen LogP contribution in [0.5, 0.6) is 0 Å². The minimum atomic E-state index is -0.145. The first-order valence-corrected chi connectivity index (χ1v) is 15.5. The highest BCUT2D eigenvalue weighted by molar-refractivity contribution is 6.30. The van der Waals surface area contributed by atoms with Crippen molar-refractivity contribution < 1.29 is 9.18 Å². The Bertz CT molecular complexity index is 1330. The lowest BCUT2D eigenvalue weighted by Gasteiger charge is -2.47. The highest BCUT2D eigenvalue weighted by Crippen LogP contribution is 2.30. The van der Waals surface area contributed by atoms with Crippen LogP contribution in [0.25, 0.3) is 0 Å². The van der Waals surface area contributed by atoms with Gasteiger partial charge < -0.3 is 9.80 Å². The third-order valence-corrected chi connectivity index (χ3v) is 9.54. The fraction of sp³-hybridized carbons (Fsp3) is 0.441. The molecule has 3 heterocycles. The van der Waals surface area contributed by atoms with Crippen LogP contribution in [0.15, 0.2) is 72.8 Å². The molecule has 3 aromatic rings. The smallest absolute Gasteiger partial charge is 0.222 e. The van der Waals surface area contributed by atoms with E-state index in [9.17, 15) is 9.18 Å². The minimum Gasteiger partial charge on any atom is -0.367 e. The third-order valence-electron chi connectivity index (χ3n) is 9.29. The average Bonchev–Trinajstić information content (AvgIpc) is 3.01. The normalized spacial score (nSPS) is 22.0. The summed E-state index contributed by atoms with van der Waals surface area (Å²) in [5.74, 6) is 0.544. The van der Waals surface area contributed by atoms with Crippen LogP contribution in [0.1, 0.15) is 36.0 Å². The van der Waals surface area contributed by atoms with E-state index in [-0.39, 0.29) is 11.7 Å². The molecule has 3 aromatic carbocycles. The highest BCUT2D eigenvalue weighted by Gasteiger charge is 2.35. The number of carbonyl (C=O) groups excluding carboxylic acids is 1. The summed E-state index contributed by atoms with van der Waals surface area (Å²) in [6.45, 7) is 7.94. The van der Waals surface area contributed by atoms with Crippen LogP contribution in [0.4, 0.5) is 10.1 Å². The third kappa shape index (κ3) is 6.77. The Morgan fingerprint density at radius 3 is 2.37 bits per heavy atom. The van der Waals surface area contributed by atoms with Gasteiger partial charge in [-0.15, -0.1) is 0 Å². The van der Waals surface area contributed by atoms with Crippen LogP contribution in [0.3, 0.4) is 0 Å². The molecule has 2 saturated heterocycles. The van der Waals surface area contributed by atoms with E-state index in [2.05, 4.69) is 56.0 Å².